The third-order valence-electron chi connectivity index (χ3n) is 1.16. The van der Waals surface area contributed by atoms with Crippen molar-refractivity contribution >= 4 is 6.04 Å². The number of alkyl halides is 4. The van der Waals surface area contributed by atoms with Gasteiger partial charge in [-0.25, -0.2) is 4.39 Å². The standard InChI is InChI=1S/C4HF5O2/c5-1(2(6)10)3(7)4(8,9)11-3/h1H. The van der Waals surface area contributed by atoms with E-state index in [4.69, 9.17) is 0 Å². The van der Waals surface area contributed by atoms with Gasteiger partial charge in [0.2, 0.25) is 0 Å². The first-order valence-corrected chi connectivity index (χ1v) is 2.41. The zero-order chi connectivity index (χ0) is 8.86. The molecule has 0 aromatic rings. The van der Waals surface area contributed by atoms with Crippen molar-refractivity contribution in [2.75, 3.05) is 0 Å². The number of ether oxygens (including phenoxy) is 1. The van der Waals surface area contributed by atoms with Crippen molar-refractivity contribution in [3.05, 3.63) is 0 Å². The van der Waals surface area contributed by atoms with Crippen LogP contribution in [0.2, 0.25) is 0 Å². The average molecular weight is 176 g/mol. The van der Waals surface area contributed by atoms with Gasteiger partial charge < -0.3 is 0 Å². The van der Waals surface area contributed by atoms with E-state index in [0.29, 0.717) is 0 Å². The van der Waals surface area contributed by atoms with E-state index in [1.165, 1.54) is 0 Å². The number of rotatable bonds is 2. The van der Waals surface area contributed by atoms with E-state index in [9.17, 15) is 26.7 Å². The first-order chi connectivity index (χ1) is 4.81. The predicted octanol–water partition coefficient (Wildman–Crippen LogP) is 1.11. The van der Waals surface area contributed by atoms with Crippen LogP contribution in [0.1, 0.15) is 0 Å². The Labute approximate surface area is 56.9 Å². The third-order valence-corrected chi connectivity index (χ3v) is 1.16. The van der Waals surface area contributed by atoms with E-state index in [-0.39, 0.29) is 0 Å². The zero-order valence-corrected chi connectivity index (χ0v) is 4.78. The first-order valence-electron chi connectivity index (χ1n) is 2.41. The largest absolute Gasteiger partial charge is 0.421 e. The highest BCUT2D eigenvalue weighted by molar-refractivity contribution is 5.75. The molecule has 64 valence electrons. The van der Waals surface area contributed by atoms with Crippen molar-refractivity contribution in [1.29, 1.82) is 0 Å². The molecule has 2 nitrogen and oxygen atoms in total. The molecule has 0 radical (unpaired) electrons. The number of carbonyl (C=O) groups excluding carboxylic acids is 1. The molecule has 2 unspecified atom stereocenters. The van der Waals surface area contributed by atoms with Gasteiger partial charge in [0.05, 0.1) is 0 Å². The minimum absolute atomic E-state index is 2.82. The maximum absolute atomic E-state index is 12.1. The summed E-state index contributed by atoms with van der Waals surface area (Å²) in [5.41, 5.74) is 0. The summed E-state index contributed by atoms with van der Waals surface area (Å²) >= 11 is 0. The molecule has 1 rings (SSSR count). The fraction of sp³-hybridized carbons (Fsp3) is 0.750. The van der Waals surface area contributed by atoms with Crippen LogP contribution in [-0.4, -0.2) is 24.2 Å². The van der Waals surface area contributed by atoms with Gasteiger partial charge in [0, 0.05) is 0 Å². The van der Waals surface area contributed by atoms with E-state index >= 15 is 0 Å². The Morgan fingerprint density at radius 3 is 1.82 bits per heavy atom. The molecule has 0 amide bonds. The van der Waals surface area contributed by atoms with Gasteiger partial charge >= 0.3 is 18.0 Å². The van der Waals surface area contributed by atoms with Gasteiger partial charge in [-0.3, -0.25) is 9.53 Å². The number of carbonyl (C=O) groups is 1. The third kappa shape index (κ3) is 0.991. The van der Waals surface area contributed by atoms with E-state index in [1.807, 2.05) is 0 Å². The fourth-order valence-electron chi connectivity index (χ4n) is 0.506. The Kier molecular flexibility index (Phi) is 1.45. The molecule has 1 saturated heterocycles. The van der Waals surface area contributed by atoms with Gasteiger partial charge in [0.25, 0.3) is 6.17 Å². The van der Waals surface area contributed by atoms with E-state index in [1.54, 1.807) is 0 Å². The molecule has 7 heteroatoms. The second-order valence-electron chi connectivity index (χ2n) is 1.93. The highest BCUT2D eigenvalue weighted by Crippen LogP contribution is 2.55. The SMILES string of the molecule is O=C(F)C(F)C1(F)OC1(F)F. The highest BCUT2D eigenvalue weighted by Gasteiger charge is 2.83. The molecule has 1 aliphatic heterocycles. The van der Waals surface area contributed by atoms with Crippen LogP contribution < -0.4 is 0 Å². The minimum Gasteiger partial charge on any atom is -0.267 e. The Morgan fingerprint density at radius 2 is 1.73 bits per heavy atom. The molecule has 1 heterocycles. The number of hydrogen-bond acceptors (Lipinski definition) is 2. The normalized spacial score (nSPS) is 36.5. The molecule has 0 aromatic heterocycles. The summed E-state index contributed by atoms with van der Waals surface area (Å²) in [5, 5.41) is 0. The number of hydrogen-bond donors (Lipinski definition) is 0. The number of halogens is 5. The Balaban J connectivity index is 2.71. The van der Waals surface area contributed by atoms with Gasteiger partial charge in [-0.2, -0.15) is 17.6 Å². The van der Waals surface area contributed by atoms with E-state index in [2.05, 4.69) is 4.74 Å². The number of epoxide rings is 1. The van der Waals surface area contributed by atoms with Crippen molar-refractivity contribution < 1.29 is 31.5 Å². The van der Waals surface area contributed by atoms with Gasteiger partial charge in [-0.1, -0.05) is 0 Å². The summed E-state index contributed by atoms with van der Waals surface area (Å²) in [6.07, 6.45) is -7.97. The average Bonchev–Trinajstić information content (AvgIpc) is 2.32. The molecular formula is C4HF5O2. The van der Waals surface area contributed by atoms with Crippen LogP contribution >= 0.6 is 0 Å². The van der Waals surface area contributed by atoms with Crippen LogP contribution in [0.5, 0.6) is 0 Å². The second kappa shape index (κ2) is 1.90. The summed E-state index contributed by atoms with van der Waals surface area (Å²) in [7, 11) is 0. The first kappa shape index (κ1) is 8.38. The van der Waals surface area contributed by atoms with Gasteiger partial charge in [-0.05, 0) is 0 Å². The zero-order valence-electron chi connectivity index (χ0n) is 4.78. The van der Waals surface area contributed by atoms with E-state index in [0.717, 1.165) is 0 Å². The molecule has 0 aromatic carbocycles. The van der Waals surface area contributed by atoms with Crippen molar-refractivity contribution in [2.45, 2.75) is 18.1 Å². The maximum atomic E-state index is 12.1. The lowest BCUT2D eigenvalue weighted by Crippen LogP contribution is -2.31. The second-order valence-corrected chi connectivity index (χ2v) is 1.93. The highest BCUT2D eigenvalue weighted by atomic mass is 19.3. The summed E-state index contributed by atoms with van der Waals surface area (Å²) in [6.45, 7) is 0. The lowest BCUT2D eigenvalue weighted by molar-refractivity contribution is -0.141. The van der Waals surface area contributed by atoms with Crippen LogP contribution in [0, 0.1) is 0 Å². The Hall–Kier alpha value is -0.720. The summed E-state index contributed by atoms with van der Waals surface area (Å²) in [5.74, 6) is -4.10. The van der Waals surface area contributed by atoms with Crippen molar-refractivity contribution in [1.82, 2.24) is 0 Å². The van der Waals surface area contributed by atoms with Crippen molar-refractivity contribution in [3.8, 4) is 0 Å². The molecule has 2 atom stereocenters. The molecule has 0 N–H and O–H groups in total. The topological polar surface area (TPSA) is 29.6 Å². The Bertz CT molecular complexity index is 205. The molecular weight excluding hydrogens is 175 g/mol. The molecule has 0 saturated carbocycles. The molecule has 0 bridgehead atoms. The van der Waals surface area contributed by atoms with Gasteiger partial charge in [-0.15, -0.1) is 0 Å². The minimum atomic E-state index is -4.39. The molecule has 1 fully saturated rings. The molecule has 0 spiro atoms. The summed E-state index contributed by atoms with van der Waals surface area (Å²) in [6, 6.07) is -2.82. The van der Waals surface area contributed by atoms with Gasteiger partial charge in [0.15, 0.2) is 0 Å². The van der Waals surface area contributed by atoms with Crippen molar-refractivity contribution in [3.63, 3.8) is 0 Å². The Morgan fingerprint density at radius 1 is 1.36 bits per heavy atom. The van der Waals surface area contributed by atoms with Crippen LogP contribution in [0.4, 0.5) is 22.0 Å². The quantitative estimate of drug-likeness (QED) is 0.358. The van der Waals surface area contributed by atoms with Crippen LogP contribution in [0.25, 0.3) is 0 Å². The smallest absolute Gasteiger partial charge is 0.267 e. The lowest BCUT2D eigenvalue weighted by atomic mass is 10.2. The monoisotopic (exact) mass is 176 g/mol. The van der Waals surface area contributed by atoms with E-state index < -0.39 is 24.2 Å². The lowest BCUT2D eigenvalue weighted by Gasteiger charge is -2.00. The maximum Gasteiger partial charge on any atom is 0.421 e. The van der Waals surface area contributed by atoms with Gasteiger partial charge in [0.1, 0.15) is 0 Å². The van der Waals surface area contributed by atoms with Crippen LogP contribution in [0.3, 0.4) is 0 Å². The summed E-state index contributed by atoms with van der Waals surface area (Å²) in [4.78, 5) is 9.42. The van der Waals surface area contributed by atoms with Crippen LogP contribution in [0.15, 0.2) is 0 Å². The van der Waals surface area contributed by atoms with Crippen LogP contribution in [-0.2, 0) is 9.53 Å². The van der Waals surface area contributed by atoms with Crippen molar-refractivity contribution in [2.24, 2.45) is 0 Å². The summed E-state index contributed by atoms with van der Waals surface area (Å²) < 4.78 is 61.5. The molecule has 11 heavy (non-hydrogen) atoms. The molecule has 1 aliphatic rings. The molecule has 0 aliphatic carbocycles. The fourth-order valence-corrected chi connectivity index (χ4v) is 0.506. The predicted molar refractivity (Wildman–Crippen MR) is 20.9 cm³/mol.